The fourth-order valence-corrected chi connectivity index (χ4v) is 2.44. The van der Waals surface area contributed by atoms with Crippen LogP contribution >= 0.6 is 0 Å². The lowest BCUT2D eigenvalue weighted by molar-refractivity contribution is 0.0329. The number of nitrogens with one attached hydrogen (secondary N) is 1. The van der Waals surface area contributed by atoms with Crippen molar-refractivity contribution in [3.63, 3.8) is 0 Å². The van der Waals surface area contributed by atoms with E-state index in [0.29, 0.717) is 11.4 Å². The number of benzene rings is 1. The number of hydrogen-bond acceptors (Lipinski definition) is 7. The van der Waals surface area contributed by atoms with Crippen LogP contribution in [0.3, 0.4) is 0 Å². The lowest BCUT2D eigenvalue weighted by Crippen LogP contribution is -2.24. The predicted octanol–water partition coefficient (Wildman–Crippen LogP) is 1.39. The summed E-state index contributed by atoms with van der Waals surface area (Å²) in [5.74, 6) is -4.28. The number of fused-ring (bicyclic) bond motifs is 1. The Morgan fingerprint density at radius 2 is 2.00 bits per heavy atom. The molecule has 0 spiro atoms. The highest BCUT2D eigenvalue weighted by molar-refractivity contribution is 5.68. The molecule has 0 aliphatic rings. The molecule has 0 bridgehead atoms. The van der Waals surface area contributed by atoms with Gasteiger partial charge in [0.2, 0.25) is 0 Å². The minimum absolute atomic E-state index is 0.0264. The molecule has 3 aromatic heterocycles. The van der Waals surface area contributed by atoms with Crippen LogP contribution in [-0.4, -0.2) is 35.3 Å². The van der Waals surface area contributed by atoms with E-state index in [-0.39, 0.29) is 23.3 Å². The molecule has 0 unspecified atom stereocenters. The molecule has 9 nitrogen and oxygen atoms in total. The highest BCUT2D eigenvalue weighted by Crippen LogP contribution is 2.32. The minimum atomic E-state index is -3.49. The third-order valence-corrected chi connectivity index (χ3v) is 3.85. The number of aromatic amines is 1. The van der Waals surface area contributed by atoms with Crippen LogP contribution in [0.2, 0.25) is 0 Å². The number of halogens is 2. The Kier molecular flexibility index (Phi) is 3.56. The van der Waals surface area contributed by atoms with Crippen LogP contribution < -0.4 is 5.56 Å². The molecule has 0 saturated carbocycles. The van der Waals surface area contributed by atoms with Gasteiger partial charge in [-0.25, -0.2) is 14.3 Å². The summed E-state index contributed by atoms with van der Waals surface area (Å²) in [6.07, 6.45) is 0. The Morgan fingerprint density at radius 3 is 2.69 bits per heavy atom. The molecule has 4 rings (SSSR count). The van der Waals surface area contributed by atoms with Crippen LogP contribution in [0.15, 0.2) is 39.8 Å². The van der Waals surface area contributed by atoms with Gasteiger partial charge in [0, 0.05) is 5.56 Å². The van der Waals surface area contributed by atoms with Crippen molar-refractivity contribution in [3.8, 4) is 0 Å². The average Bonchev–Trinajstić information content (AvgIpc) is 3.23. The van der Waals surface area contributed by atoms with Crippen molar-refractivity contribution in [2.45, 2.75) is 19.4 Å². The van der Waals surface area contributed by atoms with Gasteiger partial charge in [0.1, 0.15) is 11.4 Å². The summed E-state index contributed by atoms with van der Waals surface area (Å²) in [4.78, 5) is 18.2. The van der Waals surface area contributed by atoms with Gasteiger partial charge in [-0.15, -0.1) is 5.10 Å². The molecule has 26 heavy (non-hydrogen) atoms. The lowest BCUT2D eigenvalue weighted by atomic mass is 10.1. The molecule has 1 aromatic carbocycles. The zero-order valence-electron chi connectivity index (χ0n) is 13.3. The second-order valence-corrected chi connectivity index (χ2v) is 5.57. The highest BCUT2D eigenvalue weighted by Gasteiger charge is 2.37. The largest absolute Gasteiger partial charge is 0.330 e. The zero-order valence-corrected chi connectivity index (χ0v) is 13.3. The van der Waals surface area contributed by atoms with Crippen molar-refractivity contribution in [1.29, 1.82) is 0 Å². The molecule has 0 amide bonds. The Bertz CT molecular complexity index is 1130. The minimum Gasteiger partial charge on any atom is -0.303 e. The van der Waals surface area contributed by atoms with Crippen molar-refractivity contribution < 1.29 is 13.4 Å². The maximum Gasteiger partial charge on any atom is 0.330 e. The molecular formula is C15H11F2N7O2. The van der Waals surface area contributed by atoms with Gasteiger partial charge in [-0.2, -0.15) is 8.78 Å². The summed E-state index contributed by atoms with van der Waals surface area (Å²) in [7, 11) is 0. The fraction of sp³-hybridized carbons (Fsp3) is 0.200. The number of aromatic nitrogens is 7. The molecule has 0 saturated heterocycles. The first-order chi connectivity index (χ1) is 12.5. The zero-order chi connectivity index (χ0) is 18.3. The molecule has 0 radical (unpaired) electrons. The van der Waals surface area contributed by atoms with E-state index in [1.807, 2.05) is 0 Å². The number of rotatable bonds is 4. The Hall–Kier alpha value is -3.50. The number of hydrogen-bond donors (Lipinski definition) is 1. The standard InChI is InChI=1S/C15H11F2N7O2/c1-8-10(22-26-21-8)7-24-12-11(20-23-24)13(25)19-14(18-12)15(16,17)9-5-3-2-4-6-9/h2-6H,7H2,1H3,(H,18,19,25). The number of aryl methyl sites for hydroxylation is 1. The third-order valence-electron chi connectivity index (χ3n) is 3.85. The molecule has 132 valence electrons. The second kappa shape index (κ2) is 5.79. The van der Waals surface area contributed by atoms with Crippen molar-refractivity contribution in [1.82, 2.24) is 35.3 Å². The lowest BCUT2D eigenvalue weighted by Gasteiger charge is -2.15. The van der Waals surface area contributed by atoms with E-state index in [0.717, 1.165) is 0 Å². The van der Waals surface area contributed by atoms with Gasteiger partial charge in [0.25, 0.3) is 5.56 Å². The highest BCUT2D eigenvalue weighted by atomic mass is 19.3. The van der Waals surface area contributed by atoms with Gasteiger partial charge in [-0.3, -0.25) is 4.79 Å². The van der Waals surface area contributed by atoms with E-state index in [1.54, 1.807) is 13.0 Å². The molecular weight excluding hydrogens is 348 g/mol. The summed E-state index contributed by atoms with van der Waals surface area (Å²) in [5.41, 5.74) is -0.392. The summed E-state index contributed by atoms with van der Waals surface area (Å²) in [6, 6.07) is 7.08. The molecule has 0 atom stereocenters. The van der Waals surface area contributed by atoms with Crippen molar-refractivity contribution >= 4 is 11.2 Å². The summed E-state index contributed by atoms with van der Waals surface area (Å²) in [6.45, 7) is 1.69. The van der Waals surface area contributed by atoms with Crippen LogP contribution in [-0.2, 0) is 12.5 Å². The van der Waals surface area contributed by atoms with Gasteiger partial charge in [0.05, 0.1) is 6.54 Å². The molecule has 1 N–H and O–H groups in total. The van der Waals surface area contributed by atoms with Gasteiger partial charge in [0.15, 0.2) is 17.0 Å². The number of nitrogens with zero attached hydrogens (tertiary/aromatic N) is 6. The summed E-state index contributed by atoms with van der Waals surface area (Å²) in [5, 5.41) is 14.8. The monoisotopic (exact) mass is 359 g/mol. The van der Waals surface area contributed by atoms with E-state index in [1.165, 1.54) is 28.9 Å². The first-order valence-corrected chi connectivity index (χ1v) is 7.52. The Labute approximate surface area is 143 Å². The maximum absolute atomic E-state index is 14.8. The third kappa shape index (κ3) is 2.53. The molecule has 0 aliphatic carbocycles. The van der Waals surface area contributed by atoms with Crippen LogP contribution in [0.4, 0.5) is 8.78 Å². The average molecular weight is 359 g/mol. The van der Waals surface area contributed by atoms with Gasteiger partial charge in [-0.05, 0) is 6.92 Å². The van der Waals surface area contributed by atoms with E-state index in [4.69, 9.17) is 0 Å². The Morgan fingerprint density at radius 1 is 1.23 bits per heavy atom. The van der Waals surface area contributed by atoms with Crippen molar-refractivity contribution in [2.24, 2.45) is 0 Å². The molecule has 11 heteroatoms. The van der Waals surface area contributed by atoms with Crippen LogP contribution in [0, 0.1) is 6.92 Å². The van der Waals surface area contributed by atoms with Crippen molar-refractivity contribution in [2.75, 3.05) is 0 Å². The summed E-state index contributed by atoms with van der Waals surface area (Å²) >= 11 is 0. The van der Waals surface area contributed by atoms with E-state index < -0.39 is 17.3 Å². The van der Waals surface area contributed by atoms with Gasteiger partial charge in [-0.1, -0.05) is 45.9 Å². The van der Waals surface area contributed by atoms with E-state index >= 15 is 0 Å². The normalized spacial score (nSPS) is 12.0. The topological polar surface area (TPSA) is 115 Å². The van der Waals surface area contributed by atoms with E-state index in [9.17, 15) is 13.6 Å². The van der Waals surface area contributed by atoms with Crippen molar-refractivity contribution in [3.05, 3.63) is 63.5 Å². The van der Waals surface area contributed by atoms with Gasteiger partial charge < -0.3 is 4.98 Å². The number of alkyl halides is 2. The molecule has 0 fully saturated rings. The molecule has 4 aromatic rings. The first-order valence-electron chi connectivity index (χ1n) is 7.52. The van der Waals surface area contributed by atoms with Crippen LogP contribution in [0.5, 0.6) is 0 Å². The SMILES string of the molecule is Cc1nonc1Cn1nnc2c(=O)[nH]c(C(F)(F)c3ccccc3)nc21. The maximum atomic E-state index is 14.8. The molecule has 0 aliphatic heterocycles. The quantitative estimate of drug-likeness (QED) is 0.585. The molecule has 3 heterocycles. The van der Waals surface area contributed by atoms with Crippen LogP contribution in [0.25, 0.3) is 11.2 Å². The van der Waals surface area contributed by atoms with E-state index in [2.05, 4.69) is 35.2 Å². The number of H-pyrrole nitrogens is 1. The smallest absolute Gasteiger partial charge is 0.303 e. The first kappa shape index (κ1) is 16.0. The van der Waals surface area contributed by atoms with Crippen LogP contribution in [0.1, 0.15) is 22.8 Å². The Balaban J connectivity index is 1.84. The fourth-order valence-electron chi connectivity index (χ4n) is 2.44. The van der Waals surface area contributed by atoms with Gasteiger partial charge >= 0.3 is 5.92 Å². The summed E-state index contributed by atoms with van der Waals surface area (Å²) < 4.78 is 35.3. The second-order valence-electron chi connectivity index (χ2n) is 5.57. The predicted molar refractivity (Wildman–Crippen MR) is 83.5 cm³/mol.